The van der Waals surface area contributed by atoms with Gasteiger partial charge in [-0.3, -0.25) is 9.48 Å². The van der Waals surface area contributed by atoms with Gasteiger partial charge in [0, 0.05) is 6.20 Å². The van der Waals surface area contributed by atoms with Crippen molar-refractivity contribution in [3.63, 3.8) is 0 Å². The van der Waals surface area contributed by atoms with E-state index in [1.165, 1.54) is 16.7 Å². The molecule has 0 aliphatic carbocycles. The topological polar surface area (TPSA) is 44.1 Å². The highest BCUT2D eigenvalue weighted by Crippen LogP contribution is 2.40. The lowest BCUT2D eigenvalue weighted by atomic mass is 9.69. The Kier molecular flexibility index (Phi) is 6.27. The second-order valence-electron chi connectivity index (χ2n) is 7.49. The van der Waals surface area contributed by atoms with E-state index < -0.39 is 5.41 Å². The summed E-state index contributed by atoms with van der Waals surface area (Å²) in [5, 5.41) is 4.71. The smallest absolute Gasteiger partial charge is 0.311 e. The van der Waals surface area contributed by atoms with Crippen molar-refractivity contribution in [2.24, 2.45) is 0 Å². The number of hydrogen-bond donors (Lipinski definition) is 0. The third-order valence-electron chi connectivity index (χ3n) is 5.53. The van der Waals surface area contributed by atoms with E-state index in [2.05, 4.69) is 72.8 Å². The minimum absolute atomic E-state index is 0.176. The number of aromatic nitrogens is 2. The van der Waals surface area contributed by atoms with Crippen LogP contribution >= 0.6 is 0 Å². The summed E-state index contributed by atoms with van der Waals surface area (Å²) >= 11 is 0. The molecule has 0 aliphatic rings. The molecular formula is C27H26N2O2. The lowest BCUT2D eigenvalue weighted by Gasteiger charge is -2.36. The molecule has 0 aliphatic heterocycles. The lowest BCUT2D eigenvalue weighted by molar-refractivity contribution is -0.142. The SMILES string of the molecule is CCOC(=O)Cc1ccn(CC(c2ccccc2)(c2ccccc2)c2ccccc2)n1. The fraction of sp³-hybridized carbons (Fsp3) is 0.185. The van der Waals surface area contributed by atoms with Crippen LogP contribution < -0.4 is 0 Å². The van der Waals surface area contributed by atoms with Crippen LogP contribution in [0.15, 0.2) is 103 Å². The summed E-state index contributed by atoms with van der Waals surface area (Å²) in [5.41, 5.74) is 3.85. The monoisotopic (exact) mass is 410 g/mol. The first kappa shape index (κ1) is 20.6. The van der Waals surface area contributed by atoms with Gasteiger partial charge in [-0.1, -0.05) is 91.0 Å². The predicted molar refractivity (Wildman–Crippen MR) is 122 cm³/mol. The van der Waals surface area contributed by atoms with Gasteiger partial charge in [0.05, 0.1) is 30.7 Å². The first-order chi connectivity index (χ1) is 15.2. The highest BCUT2D eigenvalue weighted by atomic mass is 16.5. The molecule has 0 radical (unpaired) electrons. The summed E-state index contributed by atoms with van der Waals surface area (Å²) in [5.74, 6) is -0.256. The maximum absolute atomic E-state index is 11.9. The van der Waals surface area contributed by atoms with Crippen LogP contribution in [-0.4, -0.2) is 22.4 Å². The van der Waals surface area contributed by atoms with Gasteiger partial charge in [-0.25, -0.2) is 0 Å². The molecule has 31 heavy (non-hydrogen) atoms. The number of ether oxygens (including phenoxy) is 1. The maximum Gasteiger partial charge on any atom is 0.311 e. The van der Waals surface area contributed by atoms with E-state index in [1.54, 1.807) is 0 Å². The number of nitrogens with zero attached hydrogens (tertiary/aromatic N) is 2. The first-order valence-electron chi connectivity index (χ1n) is 10.6. The number of benzene rings is 3. The van der Waals surface area contributed by atoms with Crippen molar-refractivity contribution in [3.8, 4) is 0 Å². The number of carbonyl (C=O) groups excluding carboxylic acids is 1. The largest absolute Gasteiger partial charge is 0.466 e. The molecule has 3 aromatic carbocycles. The molecule has 4 rings (SSSR count). The normalized spacial score (nSPS) is 11.3. The Morgan fingerprint density at radius 3 is 1.74 bits per heavy atom. The molecule has 0 unspecified atom stereocenters. The molecule has 4 nitrogen and oxygen atoms in total. The maximum atomic E-state index is 11.9. The highest BCUT2D eigenvalue weighted by molar-refractivity contribution is 5.71. The van der Waals surface area contributed by atoms with Crippen molar-refractivity contribution < 1.29 is 9.53 Å². The van der Waals surface area contributed by atoms with Crippen molar-refractivity contribution in [2.75, 3.05) is 6.61 Å². The van der Waals surface area contributed by atoms with Crippen LogP contribution in [0.4, 0.5) is 0 Å². The molecule has 0 amide bonds. The molecule has 0 bridgehead atoms. The Morgan fingerprint density at radius 1 is 0.806 bits per heavy atom. The Hall–Kier alpha value is -3.66. The van der Waals surface area contributed by atoms with Gasteiger partial charge in [-0.15, -0.1) is 0 Å². The number of rotatable bonds is 8. The van der Waals surface area contributed by atoms with Crippen molar-refractivity contribution in [3.05, 3.63) is 126 Å². The van der Waals surface area contributed by atoms with E-state index in [9.17, 15) is 4.79 Å². The summed E-state index contributed by atoms with van der Waals surface area (Å²) in [6.45, 7) is 2.79. The average Bonchev–Trinajstić information content (AvgIpc) is 3.26. The van der Waals surface area contributed by atoms with Gasteiger partial charge in [0.1, 0.15) is 0 Å². The molecule has 4 aromatic rings. The minimum atomic E-state index is -0.434. The zero-order valence-electron chi connectivity index (χ0n) is 17.6. The van der Waals surface area contributed by atoms with E-state index >= 15 is 0 Å². The quantitative estimate of drug-likeness (QED) is 0.302. The summed E-state index contributed by atoms with van der Waals surface area (Å²) in [6, 6.07) is 33.5. The van der Waals surface area contributed by atoms with Crippen molar-refractivity contribution >= 4 is 5.97 Å². The van der Waals surface area contributed by atoms with E-state index in [1.807, 2.05) is 42.1 Å². The van der Waals surface area contributed by atoms with Crippen LogP contribution in [0.1, 0.15) is 29.3 Å². The molecule has 0 fully saturated rings. The van der Waals surface area contributed by atoms with Crippen LogP contribution in [0, 0.1) is 0 Å². The Balaban J connectivity index is 1.82. The third kappa shape index (κ3) is 4.43. The third-order valence-corrected chi connectivity index (χ3v) is 5.53. The Morgan fingerprint density at radius 2 is 1.29 bits per heavy atom. The fourth-order valence-corrected chi connectivity index (χ4v) is 4.13. The molecule has 1 aromatic heterocycles. The summed E-state index contributed by atoms with van der Waals surface area (Å²) in [4.78, 5) is 11.9. The van der Waals surface area contributed by atoms with Gasteiger partial charge >= 0.3 is 5.97 Å². The fourth-order valence-electron chi connectivity index (χ4n) is 4.13. The minimum Gasteiger partial charge on any atom is -0.466 e. The zero-order chi connectivity index (χ0) is 21.5. The standard InChI is InChI=1S/C27H26N2O2/c1-2-31-26(30)20-25-18-19-29(28-25)21-27(22-12-6-3-7-13-22,23-14-8-4-9-15-23)24-16-10-5-11-17-24/h3-19H,2,20-21H2,1H3. The van der Waals surface area contributed by atoms with Gasteiger partial charge < -0.3 is 4.74 Å². The van der Waals surface area contributed by atoms with E-state index in [0.29, 0.717) is 18.8 Å². The van der Waals surface area contributed by atoms with Crippen LogP contribution in [0.25, 0.3) is 0 Å². The molecule has 0 spiro atoms. The molecule has 0 saturated heterocycles. The molecule has 0 atom stereocenters. The first-order valence-corrected chi connectivity index (χ1v) is 10.6. The van der Waals surface area contributed by atoms with Crippen LogP contribution in [0.5, 0.6) is 0 Å². The summed E-state index contributed by atoms with van der Waals surface area (Å²) in [7, 11) is 0. The molecular weight excluding hydrogens is 384 g/mol. The second kappa shape index (κ2) is 9.43. The molecule has 4 heteroatoms. The molecule has 1 heterocycles. The average molecular weight is 411 g/mol. The van der Waals surface area contributed by atoms with Crippen molar-refractivity contribution in [1.29, 1.82) is 0 Å². The summed E-state index contributed by atoms with van der Waals surface area (Å²) in [6.07, 6.45) is 2.12. The van der Waals surface area contributed by atoms with E-state index in [4.69, 9.17) is 9.84 Å². The lowest BCUT2D eigenvalue weighted by Crippen LogP contribution is -2.35. The highest BCUT2D eigenvalue weighted by Gasteiger charge is 2.37. The second-order valence-corrected chi connectivity index (χ2v) is 7.49. The van der Waals surface area contributed by atoms with Gasteiger partial charge in [-0.05, 0) is 29.7 Å². The van der Waals surface area contributed by atoms with Crippen LogP contribution in [-0.2, 0) is 27.9 Å². The number of carbonyl (C=O) groups is 1. The predicted octanol–water partition coefficient (Wildman–Crippen LogP) is 5.02. The van der Waals surface area contributed by atoms with Gasteiger partial charge in [-0.2, -0.15) is 5.10 Å². The van der Waals surface area contributed by atoms with Gasteiger partial charge in [0.15, 0.2) is 0 Å². The molecule has 0 saturated carbocycles. The van der Waals surface area contributed by atoms with Gasteiger partial charge in [0.25, 0.3) is 0 Å². The van der Waals surface area contributed by atoms with E-state index in [0.717, 1.165) is 0 Å². The molecule has 156 valence electrons. The van der Waals surface area contributed by atoms with Crippen LogP contribution in [0.3, 0.4) is 0 Å². The van der Waals surface area contributed by atoms with Crippen molar-refractivity contribution in [1.82, 2.24) is 9.78 Å². The Bertz CT molecular complexity index is 1010. The van der Waals surface area contributed by atoms with Crippen molar-refractivity contribution in [2.45, 2.75) is 25.3 Å². The van der Waals surface area contributed by atoms with Crippen LogP contribution in [0.2, 0.25) is 0 Å². The van der Waals surface area contributed by atoms with E-state index in [-0.39, 0.29) is 12.4 Å². The zero-order valence-corrected chi connectivity index (χ0v) is 17.6. The summed E-state index contributed by atoms with van der Waals surface area (Å²) < 4.78 is 7.01. The number of esters is 1. The molecule has 0 N–H and O–H groups in total. The Labute approximate surface area is 183 Å². The van der Waals surface area contributed by atoms with Gasteiger partial charge in [0.2, 0.25) is 0 Å². The number of hydrogen-bond acceptors (Lipinski definition) is 3.